The summed E-state index contributed by atoms with van der Waals surface area (Å²) in [5.41, 5.74) is 1.76. The SMILES string of the molecule is O=C(CN=C1NS(=O)(=O)c2ccccc21)Nc1cccc(OCc2ccc(F)cc2)c1. The van der Waals surface area contributed by atoms with Crippen molar-refractivity contribution >= 4 is 27.5 Å². The van der Waals surface area contributed by atoms with Gasteiger partial charge >= 0.3 is 0 Å². The maximum Gasteiger partial charge on any atom is 0.263 e. The fraction of sp³-hybridized carbons (Fsp3) is 0.0909. The highest BCUT2D eigenvalue weighted by molar-refractivity contribution is 7.90. The summed E-state index contributed by atoms with van der Waals surface area (Å²) in [6, 6.07) is 19.2. The van der Waals surface area contributed by atoms with E-state index in [1.807, 2.05) is 0 Å². The van der Waals surface area contributed by atoms with E-state index in [2.05, 4.69) is 15.0 Å². The van der Waals surface area contributed by atoms with Crippen molar-refractivity contribution in [1.29, 1.82) is 0 Å². The number of benzene rings is 3. The first-order valence-electron chi connectivity index (χ1n) is 9.34. The molecule has 9 heteroatoms. The van der Waals surface area contributed by atoms with E-state index in [-0.39, 0.29) is 29.7 Å². The fourth-order valence-electron chi connectivity index (χ4n) is 3.01. The smallest absolute Gasteiger partial charge is 0.263 e. The third-order valence-corrected chi connectivity index (χ3v) is 5.88. The number of amidine groups is 1. The van der Waals surface area contributed by atoms with E-state index in [0.29, 0.717) is 17.0 Å². The maximum absolute atomic E-state index is 13.0. The van der Waals surface area contributed by atoms with Crippen molar-refractivity contribution in [2.24, 2.45) is 4.99 Å². The molecule has 31 heavy (non-hydrogen) atoms. The van der Waals surface area contributed by atoms with Crippen LogP contribution in [-0.4, -0.2) is 26.7 Å². The summed E-state index contributed by atoms with van der Waals surface area (Å²) in [4.78, 5) is 16.5. The molecule has 7 nitrogen and oxygen atoms in total. The number of nitrogens with zero attached hydrogens (tertiary/aromatic N) is 1. The third kappa shape index (κ3) is 4.89. The van der Waals surface area contributed by atoms with Gasteiger partial charge in [-0.2, -0.15) is 0 Å². The van der Waals surface area contributed by atoms with E-state index < -0.39 is 15.9 Å². The van der Waals surface area contributed by atoms with Crippen LogP contribution in [0.25, 0.3) is 0 Å². The zero-order valence-electron chi connectivity index (χ0n) is 16.2. The van der Waals surface area contributed by atoms with Gasteiger partial charge in [0.2, 0.25) is 5.91 Å². The molecule has 0 saturated heterocycles. The molecule has 1 aliphatic rings. The first-order chi connectivity index (χ1) is 14.9. The van der Waals surface area contributed by atoms with Crippen molar-refractivity contribution in [2.45, 2.75) is 11.5 Å². The molecule has 1 amide bonds. The molecule has 0 unspecified atom stereocenters. The molecule has 0 fully saturated rings. The van der Waals surface area contributed by atoms with Crippen molar-refractivity contribution in [3.05, 3.63) is 89.7 Å². The molecule has 0 saturated carbocycles. The number of halogens is 1. The number of hydrogen-bond donors (Lipinski definition) is 2. The number of fused-ring (bicyclic) bond motifs is 1. The maximum atomic E-state index is 13.0. The lowest BCUT2D eigenvalue weighted by Gasteiger charge is -2.09. The Labute approximate surface area is 178 Å². The van der Waals surface area contributed by atoms with Gasteiger partial charge in [-0.15, -0.1) is 0 Å². The Morgan fingerprint density at radius 1 is 1.03 bits per heavy atom. The Balaban J connectivity index is 1.38. The van der Waals surface area contributed by atoms with Crippen molar-refractivity contribution in [3.63, 3.8) is 0 Å². The number of ether oxygens (including phenoxy) is 1. The number of nitrogens with one attached hydrogen (secondary N) is 2. The van der Waals surface area contributed by atoms with Gasteiger partial charge in [0.1, 0.15) is 30.6 Å². The van der Waals surface area contributed by atoms with E-state index in [1.54, 1.807) is 54.6 Å². The molecule has 0 radical (unpaired) electrons. The van der Waals surface area contributed by atoms with Crippen LogP contribution in [0.2, 0.25) is 0 Å². The van der Waals surface area contributed by atoms with Crippen LogP contribution in [0.4, 0.5) is 10.1 Å². The average molecular weight is 439 g/mol. The van der Waals surface area contributed by atoms with Gasteiger partial charge in [-0.25, -0.2) is 12.8 Å². The summed E-state index contributed by atoms with van der Waals surface area (Å²) in [5.74, 6) is -0.0502. The van der Waals surface area contributed by atoms with Gasteiger partial charge in [0.05, 0.1) is 4.90 Å². The number of sulfonamides is 1. The molecule has 0 aromatic heterocycles. The van der Waals surface area contributed by atoms with E-state index in [4.69, 9.17) is 4.74 Å². The number of carbonyl (C=O) groups is 1. The van der Waals surface area contributed by atoms with Crippen LogP contribution in [0, 0.1) is 5.82 Å². The van der Waals surface area contributed by atoms with Crippen LogP contribution in [0.5, 0.6) is 5.75 Å². The van der Waals surface area contributed by atoms with Gasteiger partial charge in [0, 0.05) is 17.3 Å². The monoisotopic (exact) mass is 439 g/mol. The lowest BCUT2D eigenvalue weighted by molar-refractivity contribution is -0.114. The second-order valence-electron chi connectivity index (χ2n) is 6.76. The number of amides is 1. The van der Waals surface area contributed by atoms with Crippen LogP contribution in [0.3, 0.4) is 0 Å². The van der Waals surface area contributed by atoms with E-state index in [1.165, 1.54) is 18.2 Å². The van der Waals surface area contributed by atoms with E-state index >= 15 is 0 Å². The van der Waals surface area contributed by atoms with Gasteiger partial charge in [0.15, 0.2) is 0 Å². The largest absolute Gasteiger partial charge is 0.489 e. The highest BCUT2D eigenvalue weighted by Crippen LogP contribution is 2.22. The summed E-state index contributed by atoms with van der Waals surface area (Å²) >= 11 is 0. The second kappa shape index (κ2) is 8.57. The molecule has 0 atom stereocenters. The van der Waals surface area contributed by atoms with Crippen molar-refractivity contribution in [1.82, 2.24) is 4.72 Å². The van der Waals surface area contributed by atoms with Gasteiger partial charge in [0.25, 0.3) is 10.0 Å². The lowest BCUT2D eigenvalue weighted by Crippen LogP contribution is -2.24. The Kier molecular flexibility index (Phi) is 5.68. The van der Waals surface area contributed by atoms with Crippen molar-refractivity contribution in [2.75, 3.05) is 11.9 Å². The predicted molar refractivity (Wildman–Crippen MR) is 114 cm³/mol. The molecular weight excluding hydrogens is 421 g/mol. The Morgan fingerprint density at radius 2 is 1.81 bits per heavy atom. The molecule has 2 N–H and O–H groups in total. The lowest BCUT2D eigenvalue weighted by atomic mass is 10.2. The van der Waals surface area contributed by atoms with Gasteiger partial charge in [-0.1, -0.05) is 30.3 Å². The normalized spacial score (nSPS) is 15.2. The van der Waals surface area contributed by atoms with Gasteiger partial charge < -0.3 is 10.1 Å². The summed E-state index contributed by atoms with van der Waals surface area (Å²) in [6.07, 6.45) is 0. The number of rotatable bonds is 6. The van der Waals surface area contributed by atoms with Crippen LogP contribution >= 0.6 is 0 Å². The molecule has 4 rings (SSSR count). The van der Waals surface area contributed by atoms with E-state index in [0.717, 1.165) is 5.56 Å². The minimum atomic E-state index is -3.65. The van der Waals surface area contributed by atoms with Crippen LogP contribution in [0.1, 0.15) is 11.1 Å². The number of aliphatic imine (C=N–C) groups is 1. The second-order valence-corrected chi connectivity index (χ2v) is 8.41. The minimum Gasteiger partial charge on any atom is -0.489 e. The number of anilines is 1. The van der Waals surface area contributed by atoms with Crippen LogP contribution < -0.4 is 14.8 Å². The fourth-order valence-corrected chi connectivity index (χ4v) is 4.26. The molecule has 3 aromatic carbocycles. The summed E-state index contributed by atoms with van der Waals surface area (Å²) in [5, 5.41) is 2.70. The molecule has 0 spiro atoms. The summed E-state index contributed by atoms with van der Waals surface area (Å²) in [6.45, 7) is -0.00224. The zero-order valence-corrected chi connectivity index (χ0v) is 17.0. The zero-order chi connectivity index (χ0) is 21.8. The molecule has 3 aromatic rings. The molecule has 0 aliphatic carbocycles. The van der Waals surface area contributed by atoms with E-state index in [9.17, 15) is 17.6 Å². The Hall–Kier alpha value is -3.72. The predicted octanol–water partition coefficient (Wildman–Crippen LogP) is 3.08. The molecular formula is C22H18FN3O4S. The average Bonchev–Trinajstić information content (AvgIpc) is 3.03. The standard InChI is InChI=1S/C22H18FN3O4S/c23-16-10-8-15(9-11-16)14-30-18-5-3-4-17(12-18)25-21(27)13-24-22-19-6-1-2-7-20(19)31(28,29)26-22/h1-12H,13-14H2,(H,24,26)(H,25,27). The minimum absolute atomic E-state index is 0.139. The molecule has 158 valence electrons. The van der Waals surface area contributed by atoms with Gasteiger partial charge in [-0.3, -0.25) is 14.5 Å². The molecule has 1 heterocycles. The Bertz CT molecular complexity index is 1260. The first kappa shape index (κ1) is 20.5. The van der Waals surface area contributed by atoms with Crippen LogP contribution in [-0.2, 0) is 21.4 Å². The third-order valence-electron chi connectivity index (χ3n) is 4.48. The quantitative estimate of drug-likeness (QED) is 0.617. The summed E-state index contributed by atoms with van der Waals surface area (Å²) < 4.78 is 45.2. The van der Waals surface area contributed by atoms with Crippen molar-refractivity contribution < 1.29 is 22.3 Å². The first-order valence-corrected chi connectivity index (χ1v) is 10.8. The van der Waals surface area contributed by atoms with Gasteiger partial charge in [-0.05, 0) is 42.0 Å². The van der Waals surface area contributed by atoms with Crippen LogP contribution in [0.15, 0.2) is 82.7 Å². The molecule has 0 bridgehead atoms. The molecule has 1 aliphatic heterocycles. The topological polar surface area (TPSA) is 96.9 Å². The summed E-state index contributed by atoms with van der Waals surface area (Å²) in [7, 11) is -3.65. The highest BCUT2D eigenvalue weighted by Gasteiger charge is 2.30. The number of carbonyl (C=O) groups excluding carboxylic acids is 1. The van der Waals surface area contributed by atoms with Crippen molar-refractivity contribution in [3.8, 4) is 5.75 Å². The Morgan fingerprint density at radius 3 is 2.61 bits per heavy atom. The highest BCUT2D eigenvalue weighted by atomic mass is 32.2. The number of hydrogen-bond acceptors (Lipinski definition) is 5.